The van der Waals surface area contributed by atoms with Crippen LogP contribution in [-0.2, 0) is 19.3 Å². The van der Waals surface area contributed by atoms with Crippen molar-refractivity contribution in [2.24, 2.45) is 0 Å². The van der Waals surface area contributed by atoms with E-state index >= 15 is 0 Å². The van der Waals surface area contributed by atoms with Crippen molar-refractivity contribution in [3.05, 3.63) is 0 Å². The Morgan fingerprint density at radius 1 is 1.50 bits per heavy atom. The number of rotatable bonds is 3. The highest BCUT2D eigenvalue weighted by Crippen LogP contribution is 2.40. The van der Waals surface area contributed by atoms with Crippen LogP contribution in [-0.4, -0.2) is 41.9 Å². The Hall–Kier alpha value is -0.650. The molecule has 92 valence electrons. The minimum atomic E-state index is -0.718. The van der Waals surface area contributed by atoms with E-state index < -0.39 is 11.3 Å². The molecular weight excluding hydrogens is 210 g/mol. The van der Waals surface area contributed by atoms with Crippen LogP contribution in [0.1, 0.15) is 33.6 Å². The summed E-state index contributed by atoms with van der Waals surface area (Å²) in [6, 6.07) is 0. The number of hydrogen-bond donors (Lipinski definition) is 0. The molecule has 0 aliphatic carbocycles. The summed E-state index contributed by atoms with van der Waals surface area (Å²) in [5.41, 5.74) is -1.11. The maximum atomic E-state index is 11.6. The van der Waals surface area contributed by atoms with Gasteiger partial charge in [-0.25, -0.2) is 9.78 Å². The van der Waals surface area contributed by atoms with Crippen molar-refractivity contribution in [2.75, 3.05) is 13.7 Å². The summed E-state index contributed by atoms with van der Waals surface area (Å²) in [4.78, 5) is 24.1. The molecule has 2 fully saturated rings. The van der Waals surface area contributed by atoms with Gasteiger partial charge in [0.2, 0.25) is 11.6 Å². The lowest BCUT2D eigenvalue weighted by Gasteiger charge is -2.35. The fourth-order valence-electron chi connectivity index (χ4n) is 1.87. The van der Waals surface area contributed by atoms with Crippen molar-refractivity contribution in [3.8, 4) is 0 Å². The molecule has 1 amide bonds. The van der Waals surface area contributed by atoms with Gasteiger partial charge >= 0.3 is 0 Å². The van der Waals surface area contributed by atoms with Crippen LogP contribution in [0, 0.1) is 0 Å². The second kappa shape index (κ2) is 3.68. The standard InChI is InChI=1S/C11H19NO4/c1-10(2,3)15-16-11(8-7-14-8)6-5-9(13)12(11)4/h8H,5-7H2,1-4H3/t8-,11+/m1/s1. The molecule has 0 unspecified atom stereocenters. The molecule has 2 rings (SSSR count). The summed E-state index contributed by atoms with van der Waals surface area (Å²) in [6.45, 7) is 6.35. The Balaban J connectivity index is 2.08. The van der Waals surface area contributed by atoms with Gasteiger partial charge in [-0.1, -0.05) is 0 Å². The number of nitrogens with zero attached hydrogens (tertiary/aromatic N) is 1. The fraction of sp³-hybridized carbons (Fsp3) is 0.909. The maximum Gasteiger partial charge on any atom is 0.224 e. The van der Waals surface area contributed by atoms with Gasteiger partial charge in [0.05, 0.1) is 12.2 Å². The normalized spacial score (nSPS) is 34.6. The lowest BCUT2D eigenvalue weighted by atomic mass is 10.1. The lowest BCUT2D eigenvalue weighted by Crippen LogP contribution is -2.51. The van der Waals surface area contributed by atoms with E-state index in [4.69, 9.17) is 14.5 Å². The smallest absolute Gasteiger partial charge is 0.224 e. The van der Waals surface area contributed by atoms with Crippen LogP contribution in [0.3, 0.4) is 0 Å². The van der Waals surface area contributed by atoms with Crippen LogP contribution >= 0.6 is 0 Å². The summed E-state index contributed by atoms with van der Waals surface area (Å²) in [5, 5.41) is 0. The lowest BCUT2D eigenvalue weighted by molar-refractivity contribution is -0.426. The molecule has 0 saturated carbocycles. The van der Waals surface area contributed by atoms with Gasteiger partial charge in [-0.05, 0) is 20.8 Å². The third kappa shape index (κ3) is 2.07. The molecule has 0 aromatic rings. The first-order valence-corrected chi connectivity index (χ1v) is 5.60. The molecule has 2 atom stereocenters. The van der Waals surface area contributed by atoms with Crippen LogP contribution in [0.15, 0.2) is 0 Å². The minimum absolute atomic E-state index is 0.0497. The first kappa shape index (κ1) is 11.8. The van der Waals surface area contributed by atoms with Crippen molar-refractivity contribution in [1.29, 1.82) is 0 Å². The molecule has 0 radical (unpaired) electrons. The number of carbonyl (C=O) groups excluding carboxylic acids is 1. The average Bonchev–Trinajstić information content (AvgIpc) is 2.96. The Labute approximate surface area is 95.6 Å². The van der Waals surface area contributed by atoms with E-state index in [0.717, 1.165) is 0 Å². The maximum absolute atomic E-state index is 11.6. The summed E-state index contributed by atoms with van der Waals surface area (Å²) in [7, 11) is 1.74. The third-order valence-corrected chi connectivity index (χ3v) is 2.91. The molecule has 5 nitrogen and oxygen atoms in total. The van der Waals surface area contributed by atoms with Gasteiger partial charge in [0.1, 0.15) is 6.10 Å². The number of likely N-dealkylation sites (tertiary alicyclic amines) is 1. The molecule has 0 aromatic heterocycles. The van der Waals surface area contributed by atoms with E-state index in [2.05, 4.69) is 0 Å². The first-order valence-electron chi connectivity index (χ1n) is 5.60. The summed E-state index contributed by atoms with van der Waals surface area (Å²) < 4.78 is 5.28. The summed E-state index contributed by atoms with van der Waals surface area (Å²) in [5.74, 6) is 0.0769. The number of epoxide rings is 1. The predicted molar refractivity (Wildman–Crippen MR) is 56.4 cm³/mol. The highest BCUT2D eigenvalue weighted by atomic mass is 17.2. The quantitative estimate of drug-likeness (QED) is 0.413. The highest BCUT2D eigenvalue weighted by Gasteiger charge is 2.57. The minimum Gasteiger partial charge on any atom is -0.368 e. The second-order valence-electron chi connectivity index (χ2n) is 5.40. The number of ether oxygens (including phenoxy) is 1. The van der Waals surface area contributed by atoms with Gasteiger partial charge in [-0.2, -0.15) is 0 Å². The Kier molecular flexibility index (Phi) is 2.72. The SMILES string of the molecule is CN1C(=O)CC[C@]1(OOC(C)(C)C)[C@H]1CO1. The number of amides is 1. The molecular formula is C11H19NO4. The molecule has 0 N–H and O–H groups in total. The fourth-order valence-corrected chi connectivity index (χ4v) is 1.87. The van der Waals surface area contributed by atoms with Crippen LogP contribution in [0.2, 0.25) is 0 Å². The summed E-state index contributed by atoms with van der Waals surface area (Å²) in [6.07, 6.45) is 1.07. The Bertz CT molecular complexity index is 295. The van der Waals surface area contributed by atoms with Crippen molar-refractivity contribution in [1.82, 2.24) is 4.90 Å². The molecule has 5 heteroatoms. The number of carbonyl (C=O) groups is 1. The first-order chi connectivity index (χ1) is 7.35. The second-order valence-corrected chi connectivity index (χ2v) is 5.40. The van der Waals surface area contributed by atoms with E-state index in [1.165, 1.54) is 0 Å². The summed E-state index contributed by atoms with van der Waals surface area (Å²) >= 11 is 0. The molecule has 2 heterocycles. The van der Waals surface area contributed by atoms with Gasteiger partial charge in [-0.3, -0.25) is 4.79 Å². The van der Waals surface area contributed by atoms with Gasteiger partial charge in [0.25, 0.3) is 0 Å². The van der Waals surface area contributed by atoms with Gasteiger partial charge < -0.3 is 9.64 Å². The van der Waals surface area contributed by atoms with E-state index in [-0.39, 0.29) is 12.0 Å². The molecule has 0 spiro atoms. The van der Waals surface area contributed by atoms with Crippen molar-refractivity contribution in [2.45, 2.75) is 51.0 Å². The van der Waals surface area contributed by atoms with E-state index in [1.54, 1.807) is 11.9 Å². The van der Waals surface area contributed by atoms with E-state index in [0.29, 0.717) is 19.4 Å². The number of hydrogen-bond acceptors (Lipinski definition) is 4. The topological polar surface area (TPSA) is 51.3 Å². The number of likely N-dealkylation sites (N-methyl/N-ethyl adjacent to an activating group) is 1. The van der Waals surface area contributed by atoms with E-state index in [1.807, 2.05) is 20.8 Å². The molecule has 2 aliphatic heterocycles. The van der Waals surface area contributed by atoms with E-state index in [9.17, 15) is 4.79 Å². The zero-order chi connectivity index (χ0) is 12.0. The van der Waals surface area contributed by atoms with Crippen LogP contribution in [0.25, 0.3) is 0 Å². The van der Waals surface area contributed by atoms with Crippen LogP contribution < -0.4 is 0 Å². The molecule has 0 bridgehead atoms. The Morgan fingerprint density at radius 2 is 2.12 bits per heavy atom. The molecule has 0 aromatic carbocycles. The van der Waals surface area contributed by atoms with Crippen molar-refractivity contribution in [3.63, 3.8) is 0 Å². The molecule has 2 aliphatic rings. The Morgan fingerprint density at radius 3 is 2.50 bits per heavy atom. The predicted octanol–water partition coefficient (Wildman–Crippen LogP) is 1.08. The van der Waals surface area contributed by atoms with Crippen LogP contribution in [0.4, 0.5) is 0 Å². The monoisotopic (exact) mass is 229 g/mol. The van der Waals surface area contributed by atoms with Gasteiger partial charge in [0.15, 0.2) is 0 Å². The third-order valence-electron chi connectivity index (χ3n) is 2.91. The molecule has 2 saturated heterocycles. The largest absolute Gasteiger partial charge is 0.368 e. The van der Waals surface area contributed by atoms with Crippen molar-refractivity contribution < 1.29 is 19.3 Å². The van der Waals surface area contributed by atoms with Crippen LogP contribution in [0.5, 0.6) is 0 Å². The zero-order valence-electron chi connectivity index (χ0n) is 10.3. The average molecular weight is 229 g/mol. The highest BCUT2D eigenvalue weighted by molar-refractivity contribution is 5.79. The van der Waals surface area contributed by atoms with Gasteiger partial charge in [-0.15, -0.1) is 0 Å². The van der Waals surface area contributed by atoms with Crippen molar-refractivity contribution >= 4 is 5.91 Å². The zero-order valence-corrected chi connectivity index (χ0v) is 10.3. The van der Waals surface area contributed by atoms with Gasteiger partial charge in [0, 0.05) is 19.9 Å². The molecule has 16 heavy (non-hydrogen) atoms.